The van der Waals surface area contributed by atoms with Crippen LogP contribution in [0.5, 0.6) is 11.5 Å². The zero-order valence-electron chi connectivity index (χ0n) is 15.7. The zero-order chi connectivity index (χ0) is 19.8. The van der Waals surface area contributed by atoms with Crippen molar-refractivity contribution in [3.8, 4) is 11.5 Å². The number of benzene rings is 3. The van der Waals surface area contributed by atoms with Gasteiger partial charge in [-0.1, -0.05) is 42.5 Å². The molecule has 0 aliphatic rings. The minimum Gasteiger partial charge on any atom is -0.455 e. The molecule has 0 aromatic heterocycles. The smallest absolute Gasteiger partial charge is 0.339 e. The van der Waals surface area contributed by atoms with Gasteiger partial charge >= 0.3 is 6.03 Å². The molecule has 28 heavy (non-hydrogen) atoms. The van der Waals surface area contributed by atoms with E-state index >= 15 is 0 Å². The van der Waals surface area contributed by atoms with Crippen molar-refractivity contribution >= 4 is 29.2 Å². The van der Waals surface area contributed by atoms with Crippen LogP contribution in [0.4, 0.5) is 10.5 Å². The minimum absolute atomic E-state index is 0.441. The maximum atomic E-state index is 12.3. The lowest BCUT2D eigenvalue weighted by Crippen LogP contribution is -2.25. The summed E-state index contributed by atoms with van der Waals surface area (Å²) in [6, 6.07) is 24.2. The van der Waals surface area contributed by atoms with Gasteiger partial charge in [0.25, 0.3) is 0 Å². The van der Waals surface area contributed by atoms with Gasteiger partial charge in [-0.15, -0.1) is 11.8 Å². The van der Waals surface area contributed by atoms with Crippen LogP contribution in [-0.4, -0.2) is 18.0 Å². The van der Waals surface area contributed by atoms with Crippen LogP contribution >= 0.6 is 11.8 Å². The number of anilines is 1. The molecule has 142 valence electrons. The fraction of sp³-hybridized carbons (Fsp3) is 0.0909. The van der Waals surface area contributed by atoms with Crippen molar-refractivity contribution in [3.05, 3.63) is 84.4 Å². The highest BCUT2D eigenvalue weighted by Crippen LogP contribution is 2.28. The fourth-order valence-electron chi connectivity index (χ4n) is 2.46. The van der Waals surface area contributed by atoms with Gasteiger partial charge in [0.05, 0.1) is 11.4 Å². The summed E-state index contributed by atoms with van der Waals surface area (Å²) in [5.41, 5.74) is 4.75. The van der Waals surface area contributed by atoms with Crippen LogP contribution in [0.3, 0.4) is 0 Å². The molecule has 0 radical (unpaired) electrons. The summed E-state index contributed by atoms with van der Waals surface area (Å²) >= 11 is 1.68. The molecule has 3 aromatic carbocycles. The second-order valence-electron chi connectivity index (χ2n) is 5.90. The molecule has 0 saturated carbocycles. The van der Waals surface area contributed by atoms with Gasteiger partial charge in [-0.25, -0.2) is 10.2 Å². The molecule has 0 unspecified atom stereocenters. The normalized spacial score (nSPS) is 11.0. The van der Waals surface area contributed by atoms with Gasteiger partial charge in [0.1, 0.15) is 5.75 Å². The van der Waals surface area contributed by atoms with Crippen molar-refractivity contribution in [1.82, 2.24) is 5.43 Å². The Hall–Kier alpha value is -3.25. The third kappa shape index (κ3) is 5.37. The molecule has 3 rings (SSSR count). The minimum atomic E-state index is -0.441. The van der Waals surface area contributed by atoms with Crippen molar-refractivity contribution in [2.24, 2.45) is 5.10 Å². The summed E-state index contributed by atoms with van der Waals surface area (Å²) in [5.74, 6) is 1.25. The van der Waals surface area contributed by atoms with E-state index in [9.17, 15) is 4.79 Å². The van der Waals surface area contributed by atoms with Crippen LogP contribution in [-0.2, 0) is 0 Å². The summed E-state index contributed by atoms with van der Waals surface area (Å²) in [4.78, 5) is 13.4. The number of hydrazone groups is 1. The van der Waals surface area contributed by atoms with Gasteiger partial charge in [-0.05, 0) is 55.1 Å². The molecule has 0 atom stereocenters. The van der Waals surface area contributed by atoms with E-state index in [1.807, 2.05) is 79.9 Å². The van der Waals surface area contributed by atoms with E-state index in [1.165, 1.54) is 4.90 Å². The molecular weight excluding hydrogens is 370 g/mol. The summed E-state index contributed by atoms with van der Waals surface area (Å²) in [6.45, 7) is 1.85. The highest BCUT2D eigenvalue weighted by atomic mass is 32.2. The number of urea groups is 1. The molecule has 6 heteroatoms. The number of amides is 2. The van der Waals surface area contributed by atoms with Crippen LogP contribution in [0.2, 0.25) is 0 Å². The predicted octanol–water partition coefficient (Wildman–Crippen LogP) is 5.75. The Balaban J connectivity index is 1.64. The van der Waals surface area contributed by atoms with E-state index in [0.717, 1.165) is 11.3 Å². The molecule has 2 N–H and O–H groups in total. The van der Waals surface area contributed by atoms with E-state index in [0.29, 0.717) is 17.2 Å². The lowest BCUT2D eigenvalue weighted by Gasteiger charge is -2.12. The number of rotatable bonds is 6. The Morgan fingerprint density at radius 2 is 1.61 bits per heavy atom. The fourth-order valence-corrected chi connectivity index (χ4v) is 2.86. The summed E-state index contributed by atoms with van der Waals surface area (Å²) in [6.07, 6.45) is 2.03. The average molecular weight is 391 g/mol. The molecular formula is C22H21N3O2S. The first-order chi connectivity index (χ1) is 13.7. The van der Waals surface area contributed by atoms with Crippen LogP contribution in [0, 0.1) is 0 Å². The first-order valence-corrected chi connectivity index (χ1v) is 9.96. The molecule has 2 amide bonds. The highest BCUT2D eigenvalue weighted by Gasteiger charge is 2.08. The van der Waals surface area contributed by atoms with Gasteiger partial charge in [0, 0.05) is 4.90 Å². The number of carbonyl (C=O) groups excluding carboxylic acids is 1. The molecule has 0 aliphatic carbocycles. The first-order valence-electron chi connectivity index (χ1n) is 8.73. The van der Waals surface area contributed by atoms with Crippen LogP contribution in [0.15, 0.2) is 88.9 Å². The Kier molecular flexibility index (Phi) is 6.70. The lowest BCUT2D eigenvalue weighted by atomic mass is 10.1. The number of hydrogen-bond donors (Lipinski definition) is 2. The Morgan fingerprint density at radius 3 is 2.32 bits per heavy atom. The van der Waals surface area contributed by atoms with Crippen LogP contribution < -0.4 is 15.5 Å². The standard InChI is InChI=1S/C22H21N3O2S/c1-16(17-12-14-19(28-2)15-13-17)24-25-22(26)23-20-10-6-7-11-21(20)27-18-8-4-3-5-9-18/h3-15H,1-2H3,(H2,23,25,26)/b24-16+. The van der Waals surface area contributed by atoms with E-state index in [1.54, 1.807) is 23.9 Å². The summed E-state index contributed by atoms with van der Waals surface area (Å²) < 4.78 is 5.85. The molecule has 0 aliphatic heterocycles. The maximum Gasteiger partial charge on any atom is 0.339 e. The third-order valence-electron chi connectivity index (χ3n) is 3.94. The number of carbonyl (C=O) groups is 1. The number of nitrogens with one attached hydrogen (secondary N) is 2. The molecule has 5 nitrogen and oxygen atoms in total. The quantitative estimate of drug-likeness (QED) is 0.320. The predicted molar refractivity (Wildman–Crippen MR) is 116 cm³/mol. The van der Waals surface area contributed by atoms with E-state index < -0.39 is 6.03 Å². The molecule has 3 aromatic rings. The zero-order valence-corrected chi connectivity index (χ0v) is 16.5. The van der Waals surface area contributed by atoms with E-state index in [-0.39, 0.29) is 0 Å². The molecule has 0 heterocycles. The maximum absolute atomic E-state index is 12.3. The Labute approximate surface area is 168 Å². The molecule has 0 saturated heterocycles. The topological polar surface area (TPSA) is 62.7 Å². The average Bonchev–Trinajstić information content (AvgIpc) is 2.74. The Bertz CT molecular complexity index is 957. The second kappa shape index (κ2) is 9.62. The van der Waals surface area contributed by atoms with Crippen molar-refractivity contribution in [3.63, 3.8) is 0 Å². The van der Waals surface area contributed by atoms with Crippen LogP contribution in [0.1, 0.15) is 12.5 Å². The largest absolute Gasteiger partial charge is 0.455 e. The number of ether oxygens (including phenoxy) is 1. The third-order valence-corrected chi connectivity index (χ3v) is 4.68. The summed E-state index contributed by atoms with van der Waals surface area (Å²) in [5, 5.41) is 6.94. The second-order valence-corrected chi connectivity index (χ2v) is 6.78. The van der Waals surface area contributed by atoms with Crippen molar-refractivity contribution in [2.75, 3.05) is 11.6 Å². The SMILES string of the molecule is CSc1ccc(/C(C)=N/NC(=O)Nc2ccccc2Oc2ccccc2)cc1. The first kappa shape index (κ1) is 19.5. The van der Waals surface area contributed by atoms with Gasteiger partial charge in [0.15, 0.2) is 5.75 Å². The van der Waals surface area contributed by atoms with Crippen molar-refractivity contribution in [2.45, 2.75) is 11.8 Å². The number of thioether (sulfide) groups is 1. The number of hydrogen-bond acceptors (Lipinski definition) is 4. The number of para-hydroxylation sites is 3. The van der Waals surface area contributed by atoms with Crippen LogP contribution in [0.25, 0.3) is 0 Å². The van der Waals surface area contributed by atoms with E-state index in [4.69, 9.17) is 4.74 Å². The molecule has 0 fully saturated rings. The van der Waals surface area contributed by atoms with Crippen molar-refractivity contribution in [1.29, 1.82) is 0 Å². The summed E-state index contributed by atoms with van der Waals surface area (Å²) in [7, 11) is 0. The Morgan fingerprint density at radius 1 is 0.929 bits per heavy atom. The lowest BCUT2D eigenvalue weighted by molar-refractivity contribution is 0.252. The highest BCUT2D eigenvalue weighted by molar-refractivity contribution is 7.98. The monoisotopic (exact) mass is 391 g/mol. The van der Waals surface area contributed by atoms with E-state index in [2.05, 4.69) is 15.8 Å². The van der Waals surface area contributed by atoms with Gasteiger partial charge in [-0.3, -0.25) is 0 Å². The van der Waals surface area contributed by atoms with Gasteiger partial charge in [0.2, 0.25) is 0 Å². The van der Waals surface area contributed by atoms with Gasteiger partial charge < -0.3 is 10.1 Å². The molecule has 0 spiro atoms. The molecule has 0 bridgehead atoms. The van der Waals surface area contributed by atoms with Crippen molar-refractivity contribution < 1.29 is 9.53 Å². The number of nitrogens with zero attached hydrogens (tertiary/aromatic N) is 1. The van der Waals surface area contributed by atoms with Gasteiger partial charge in [-0.2, -0.15) is 5.10 Å².